The van der Waals surface area contributed by atoms with Crippen molar-refractivity contribution >= 4 is 51.2 Å². The Morgan fingerprint density at radius 2 is 1.76 bits per heavy atom. The molecule has 1 aromatic heterocycles. The van der Waals surface area contributed by atoms with Crippen molar-refractivity contribution in [2.24, 2.45) is 0 Å². The Morgan fingerprint density at radius 3 is 2.46 bits per heavy atom. The van der Waals surface area contributed by atoms with Gasteiger partial charge in [0.25, 0.3) is 0 Å². The predicted molar refractivity (Wildman–Crippen MR) is 174 cm³/mol. The average Bonchev–Trinajstić information content (AvgIpc) is 3.52. The number of benzene rings is 3. The smallest absolute Gasteiger partial charge is 0.160 e. The topological polar surface area (TPSA) is 101 Å². The summed E-state index contributed by atoms with van der Waals surface area (Å²) < 4.78 is 33.0. The predicted octanol–water partition coefficient (Wildman–Crippen LogP) is 6.62. The lowest BCUT2D eigenvalue weighted by molar-refractivity contribution is -0.0760. The van der Waals surface area contributed by atoms with Crippen molar-refractivity contribution in [3.05, 3.63) is 105 Å². The molecule has 46 heavy (non-hydrogen) atoms. The van der Waals surface area contributed by atoms with Crippen molar-refractivity contribution in [2.75, 3.05) is 36.9 Å². The molecule has 2 saturated heterocycles. The van der Waals surface area contributed by atoms with Crippen molar-refractivity contribution in [3.8, 4) is 6.07 Å². The van der Waals surface area contributed by atoms with Crippen molar-refractivity contribution < 1.29 is 13.5 Å². The number of nitriles is 1. The van der Waals surface area contributed by atoms with Crippen LogP contribution in [0.3, 0.4) is 0 Å². The van der Waals surface area contributed by atoms with E-state index in [4.69, 9.17) is 27.9 Å². The zero-order chi connectivity index (χ0) is 31.8. The van der Waals surface area contributed by atoms with Crippen LogP contribution >= 0.6 is 23.2 Å². The lowest BCUT2D eigenvalue weighted by Gasteiger charge is -2.42. The molecule has 3 aliphatic rings. The van der Waals surface area contributed by atoms with E-state index in [0.717, 1.165) is 62.5 Å². The van der Waals surface area contributed by atoms with Gasteiger partial charge in [-0.1, -0.05) is 35.3 Å². The van der Waals surface area contributed by atoms with Crippen LogP contribution in [0.25, 0.3) is 10.9 Å². The second kappa shape index (κ2) is 12.9. The maximum Gasteiger partial charge on any atom is 0.160 e. The molecule has 3 aromatic carbocycles. The first kappa shape index (κ1) is 30.5. The number of likely N-dealkylation sites (tertiary alicyclic amines) is 1. The van der Waals surface area contributed by atoms with Gasteiger partial charge >= 0.3 is 0 Å². The summed E-state index contributed by atoms with van der Waals surface area (Å²) in [4.78, 5) is 6.93. The molecule has 0 saturated carbocycles. The number of hydrogen-bond acceptors (Lipinski definition) is 9. The first-order valence-corrected chi connectivity index (χ1v) is 15.7. The molecule has 236 valence electrons. The van der Waals surface area contributed by atoms with Gasteiger partial charge in [-0.3, -0.25) is 14.9 Å². The molecule has 13 heteroatoms. The lowest BCUT2D eigenvalue weighted by atomic mass is 10.0. The fourth-order valence-corrected chi connectivity index (χ4v) is 6.49. The van der Waals surface area contributed by atoms with Crippen molar-refractivity contribution in [3.63, 3.8) is 0 Å². The highest BCUT2D eigenvalue weighted by molar-refractivity contribution is 6.36. The largest absolute Gasteiger partial charge is 0.378 e. The van der Waals surface area contributed by atoms with Gasteiger partial charge in [0, 0.05) is 59.4 Å². The Labute approximate surface area is 274 Å². The molecule has 0 aliphatic carbocycles. The minimum Gasteiger partial charge on any atom is -0.378 e. The highest BCUT2D eigenvalue weighted by Crippen LogP contribution is 2.37. The number of nitrogens with one attached hydrogen (secondary N) is 4. The Morgan fingerprint density at radius 1 is 0.978 bits per heavy atom. The molecule has 4 aromatic rings. The average molecular weight is 664 g/mol. The number of anilines is 3. The van der Waals surface area contributed by atoms with E-state index in [1.807, 2.05) is 30.3 Å². The van der Waals surface area contributed by atoms with Gasteiger partial charge in [-0.2, -0.15) is 5.26 Å². The maximum absolute atomic E-state index is 14.0. The van der Waals surface area contributed by atoms with Gasteiger partial charge in [0.05, 0.1) is 52.8 Å². The fraction of sp³-hybridized carbons (Fsp3) is 0.273. The van der Waals surface area contributed by atoms with E-state index in [0.29, 0.717) is 44.4 Å². The number of fused-ring (bicyclic) bond motifs is 1. The first-order valence-electron chi connectivity index (χ1n) is 15.0. The van der Waals surface area contributed by atoms with E-state index in [2.05, 4.69) is 48.8 Å². The molecule has 4 N–H and O–H groups in total. The zero-order valence-electron chi connectivity index (χ0n) is 24.5. The monoisotopic (exact) mass is 662 g/mol. The first-order chi connectivity index (χ1) is 22.4. The quantitative estimate of drug-likeness (QED) is 0.166. The maximum atomic E-state index is 14.0. The third kappa shape index (κ3) is 6.15. The third-order valence-electron chi connectivity index (χ3n) is 8.70. The van der Waals surface area contributed by atoms with Crippen molar-refractivity contribution in [1.82, 2.24) is 25.9 Å². The van der Waals surface area contributed by atoms with Gasteiger partial charge in [0.1, 0.15) is 6.07 Å². The zero-order valence-corrected chi connectivity index (χ0v) is 26.0. The van der Waals surface area contributed by atoms with Crippen molar-refractivity contribution in [2.45, 2.75) is 31.0 Å². The summed E-state index contributed by atoms with van der Waals surface area (Å²) in [6.45, 7) is 3.69. The Kier molecular flexibility index (Phi) is 8.55. The fourth-order valence-electron chi connectivity index (χ4n) is 6.09. The lowest BCUT2D eigenvalue weighted by Crippen LogP contribution is -2.55. The van der Waals surface area contributed by atoms with Crippen LogP contribution in [0.4, 0.5) is 25.8 Å². The van der Waals surface area contributed by atoms with E-state index in [1.54, 1.807) is 6.07 Å². The Balaban J connectivity index is 1.20. The number of aromatic nitrogens is 1. The van der Waals surface area contributed by atoms with E-state index >= 15 is 0 Å². The van der Waals surface area contributed by atoms with E-state index in [9.17, 15) is 14.0 Å². The standard InChI is InChI=1S/C33H30Cl2F2N8O/c34-21-3-1-19(2-4-21)32(30-16-45(43-42-30)24-7-9-44(10-8-24)25-17-46-18-25)41-23-11-26-31(40-22-5-6-28(36)29(37)13-22)20(14-38)15-39-33(26)27(35)12-23/h1-6,11-13,15-16,24-25,32,41-43H,7-10,17-18H2,(H,39,40)/t32-/m0/s1. The molecule has 0 spiro atoms. The van der Waals surface area contributed by atoms with Gasteiger partial charge < -0.3 is 20.8 Å². The summed E-state index contributed by atoms with van der Waals surface area (Å²) >= 11 is 13.0. The molecule has 2 fully saturated rings. The Hall–Kier alpha value is -4.18. The normalized spacial score (nSPS) is 18.1. The van der Waals surface area contributed by atoms with E-state index < -0.39 is 11.6 Å². The summed E-state index contributed by atoms with van der Waals surface area (Å²) in [5.74, 6) is -1.97. The second-order valence-corrected chi connectivity index (χ2v) is 12.4. The minimum absolute atomic E-state index is 0.218. The molecule has 0 bridgehead atoms. The number of piperidine rings is 1. The molecule has 9 nitrogen and oxygen atoms in total. The minimum atomic E-state index is -1.01. The summed E-state index contributed by atoms with van der Waals surface area (Å²) in [6.07, 6.45) is 5.54. The summed E-state index contributed by atoms with van der Waals surface area (Å²) in [5, 5.41) is 20.2. The van der Waals surface area contributed by atoms with Crippen LogP contribution in [0.2, 0.25) is 10.0 Å². The van der Waals surface area contributed by atoms with Gasteiger partial charge in [0.2, 0.25) is 0 Å². The van der Waals surface area contributed by atoms with Gasteiger partial charge in [-0.15, -0.1) is 5.53 Å². The molecule has 0 unspecified atom stereocenters. The molecule has 7 rings (SSSR count). The van der Waals surface area contributed by atoms with Crippen LogP contribution in [0.15, 0.2) is 72.7 Å². The number of hydrazine groups is 2. The molecule has 3 aliphatic heterocycles. The molecular weight excluding hydrogens is 633 g/mol. The number of nitrogens with zero attached hydrogens (tertiary/aromatic N) is 4. The number of pyridine rings is 1. The van der Waals surface area contributed by atoms with Gasteiger partial charge in [-0.25, -0.2) is 8.78 Å². The highest BCUT2D eigenvalue weighted by Gasteiger charge is 2.33. The number of ether oxygens (including phenoxy) is 1. The highest BCUT2D eigenvalue weighted by atomic mass is 35.5. The van der Waals surface area contributed by atoms with E-state index in [-0.39, 0.29) is 17.3 Å². The van der Waals surface area contributed by atoms with Gasteiger partial charge in [-0.05, 0) is 54.8 Å². The van der Waals surface area contributed by atoms with Crippen LogP contribution < -0.4 is 21.6 Å². The summed E-state index contributed by atoms with van der Waals surface area (Å²) in [6, 6.07) is 17.3. The number of hydrogen-bond donors (Lipinski definition) is 4. The van der Waals surface area contributed by atoms with Gasteiger partial charge in [0.15, 0.2) is 11.6 Å². The molecule has 4 heterocycles. The van der Waals surface area contributed by atoms with E-state index in [1.165, 1.54) is 12.3 Å². The Bertz CT molecular complexity index is 1840. The van der Waals surface area contributed by atoms with Crippen LogP contribution in [-0.2, 0) is 4.74 Å². The molecule has 1 atom stereocenters. The number of rotatable bonds is 8. The second-order valence-electron chi connectivity index (χ2n) is 11.6. The van der Waals surface area contributed by atoms with Crippen LogP contribution in [0, 0.1) is 23.0 Å². The summed E-state index contributed by atoms with van der Waals surface area (Å²) in [7, 11) is 0. The molecule has 0 radical (unpaired) electrons. The molecular formula is C33H30Cl2F2N8O. The number of halogens is 4. The summed E-state index contributed by atoms with van der Waals surface area (Å²) in [5.41, 5.74) is 10.5. The van der Waals surface area contributed by atoms with Crippen LogP contribution in [0.1, 0.15) is 30.0 Å². The molecule has 0 amide bonds. The SMILES string of the molecule is N#Cc1cnc2c(Cl)cc(N[C@H](C3=CN(C4CCN(C5COC5)CC4)NN3)c3ccc(Cl)cc3)cc2c1Nc1ccc(F)c(F)c1. The third-order valence-corrected chi connectivity index (χ3v) is 9.24. The van der Waals surface area contributed by atoms with Crippen LogP contribution in [-0.4, -0.2) is 53.3 Å². The van der Waals surface area contributed by atoms with Crippen LogP contribution in [0.5, 0.6) is 0 Å². The van der Waals surface area contributed by atoms with Crippen molar-refractivity contribution in [1.29, 1.82) is 5.26 Å².